The summed E-state index contributed by atoms with van der Waals surface area (Å²) in [7, 11) is 1.30. The fourth-order valence-corrected chi connectivity index (χ4v) is 1.02. The number of hydrogen-bond donors (Lipinski definition) is 2. The zero-order valence-electron chi connectivity index (χ0n) is 8.68. The molecule has 0 saturated carbocycles. The molecule has 1 amide bonds. The Morgan fingerprint density at radius 1 is 1.59 bits per heavy atom. The summed E-state index contributed by atoms with van der Waals surface area (Å²) >= 11 is 5.55. The molecule has 0 unspecified atom stereocenters. The van der Waals surface area contributed by atoms with Crippen molar-refractivity contribution in [2.24, 2.45) is 4.99 Å². The van der Waals surface area contributed by atoms with E-state index in [-0.39, 0.29) is 16.7 Å². The zero-order valence-corrected chi connectivity index (χ0v) is 9.43. The number of aliphatic imine (C=N–C) groups is 1. The second kappa shape index (κ2) is 5.75. The molecule has 9 heteroatoms. The van der Waals surface area contributed by atoms with Crippen molar-refractivity contribution in [2.75, 3.05) is 7.05 Å². The number of guanidine groups is 1. The lowest BCUT2D eigenvalue weighted by Gasteiger charge is -2.04. The van der Waals surface area contributed by atoms with Crippen molar-refractivity contribution in [3.8, 4) is 0 Å². The van der Waals surface area contributed by atoms with Gasteiger partial charge in [-0.05, 0) is 12.1 Å². The van der Waals surface area contributed by atoms with Crippen LogP contribution in [-0.4, -0.2) is 28.9 Å². The molecule has 0 atom stereocenters. The van der Waals surface area contributed by atoms with E-state index >= 15 is 0 Å². The Labute approximate surface area is 101 Å². The number of aromatic nitrogens is 1. The van der Waals surface area contributed by atoms with E-state index in [4.69, 9.17) is 11.6 Å². The van der Waals surface area contributed by atoms with Crippen LogP contribution in [0.5, 0.6) is 0 Å². The predicted molar refractivity (Wildman–Crippen MR) is 60.2 cm³/mol. The first kappa shape index (κ1) is 12.8. The molecule has 0 aromatic carbocycles. The first-order valence-corrected chi connectivity index (χ1v) is 4.71. The van der Waals surface area contributed by atoms with Crippen LogP contribution in [0.1, 0.15) is 10.4 Å². The molecule has 2 N–H and O–H groups in total. The van der Waals surface area contributed by atoms with Gasteiger partial charge in [-0.15, -0.1) is 0 Å². The smallest absolute Gasteiger partial charge is 0.260 e. The molecule has 0 saturated heterocycles. The summed E-state index contributed by atoms with van der Waals surface area (Å²) in [6.45, 7) is 0. The van der Waals surface area contributed by atoms with Crippen LogP contribution >= 0.6 is 11.6 Å². The molecule has 0 radical (unpaired) electrons. The minimum Gasteiger partial charge on any atom is -0.288 e. The Balaban J connectivity index is 2.71. The molecule has 1 aromatic heterocycles. The predicted octanol–water partition coefficient (Wildman–Crippen LogP) is 0.232. The molecule has 8 nitrogen and oxygen atoms in total. The first-order valence-electron chi connectivity index (χ1n) is 4.33. The number of nitro groups is 1. The van der Waals surface area contributed by atoms with Crippen LogP contribution in [0, 0.1) is 10.1 Å². The highest BCUT2D eigenvalue weighted by Gasteiger charge is 2.11. The molecule has 1 heterocycles. The number of nitrogens with one attached hydrogen (secondary N) is 2. The van der Waals surface area contributed by atoms with E-state index in [0.29, 0.717) is 0 Å². The second-order valence-corrected chi connectivity index (χ2v) is 3.15. The molecule has 0 aliphatic carbocycles. The van der Waals surface area contributed by atoms with Crippen molar-refractivity contribution < 1.29 is 9.83 Å². The normalized spacial score (nSPS) is 10.8. The SMILES string of the molecule is CN=C(NC(=O)c1ccc(Cl)nc1)N[N+](=O)[O-]. The van der Waals surface area contributed by atoms with Crippen molar-refractivity contribution in [2.45, 2.75) is 0 Å². The van der Waals surface area contributed by atoms with Gasteiger partial charge in [-0.25, -0.2) is 15.1 Å². The summed E-state index contributed by atoms with van der Waals surface area (Å²) < 4.78 is 0. The van der Waals surface area contributed by atoms with E-state index in [1.54, 1.807) is 5.43 Å². The third-order valence-electron chi connectivity index (χ3n) is 1.64. The molecular formula is C8H8ClN5O3. The summed E-state index contributed by atoms with van der Waals surface area (Å²) in [5, 5.41) is 11.8. The van der Waals surface area contributed by atoms with E-state index in [9.17, 15) is 14.9 Å². The number of amides is 1. The zero-order chi connectivity index (χ0) is 12.8. The second-order valence-electron chi connectivity index (χ2n) is 2.76. The number of hydrogen-bond acceptors (Lipinski definition) is 5. The third-order valence-corrected chi connectivity index (χ3v) is 1.87. The van der Waals surface area contributed by atoms with E-state index < -0.39 is 10.9 Å². The van der Waals surface area contributed by atoms with Crippen LogP contribution in [0.15, 0.2) is 23.3 Å². The lowest BCUT2D eigenvalue weighted by molar-refractivity contribution is -0.525. The fraction of sp³-hybridized carbons (Fsp3) is 0.125. The topological polar surface area (TPSA) is 110 Å². The number of halogens is 1. The van der Waals surface area contributed by atoms with Crippen molar-refractivity contribution in [1.29, 1.82) is 0 Å². The van der Waals surface area contributed by atoms with Gasteiger partial charge in [0.1, 0.15) is 5.15 Å². The van der Waals surface area contributed by atoms with Gasteiger partial charge in [-0.2, -0.15) is 0 Å². The summed E-state index contributed by atoms with van der Waals surface area (Å²) in [5.41, 5.74) is 1.94. The standard InChI is InChI=1S/C8H8ClN5O3/c1-10-8(13-14(16)17)12-7(15)5-2-3-6(9)11-4-5/h2-4H,1H3,(H2,10,12,13,15). The van der Waals surface area contributed by atoms with Crippen LogP contribution in [-0.2, 0) is 0 Å². The highest BCUT2D eigenvalue weighted by Crippen LogP contribution is 2.04. The van der Waals surface area contributed by atoms with Crippen LogP contribution in [0.25, 0.3) is 0 Å². The maximum Gasteiger partial charge on any atom is 0.260 e. The molecule has 0 fully saturated rings. The van der Waals surface area contributed by atoms with Crippen LogP contribution in [0.2, 0.25) is 5.15 Å². The third kappa shape index (κ3) is 4.03. The van der Waals surface area contributed by atoms with Crippen LogP contribution in [0.4, 0.5) is 0 Å². The number of pyridine rings is 1. The number of nitrogens with zero attached hydrogens (tertiary/aromatic N) is 3. The van der Waals surface area contributed by atoms with Crippen LogP contribution < -0.4 is 10.7 Å². The summed E-state index contributed by atoms with van der Waals surface area (Å²) in [5.74, 6) is -0.848. The molecule has 1 rings (SSSR count). The van der Waals surface area contributed by atoms with Gasteiger partial charge in [0.25, 0.3) is 11.9 Å². The number of rotatable bonds is 2. The van der Waals surface area contributed by atoms with Gasteiger partial charge >= 0.3 is 0 Å². The number of carbonyl (C=O) groups is 1. The first-order chi connectivity index (χ1) is 8.02. The van der Waals surface area contributed by atoms with Gasteiger partial charge in [-0.3, -0.25) is 15.1 Å². The van der Waals surface area contributed by atoms with Crippen LogP contribution in [0.3, 0.4) is 0 Å². The number of hydrazine groups is 1. The maximum absolute atomic E-state index is 11.6. The largest absolute Gasteiger partial charge is 0.288 e. The molecule has 17 heavy (non-hydrogen) atoms. The average Bonchev–Trinajstić information content (AvgIpc) is 2.28. The molecule has 0 spiro atoms. The lowest BCUT2D eigenvalue weighted by atomic mass is 10.3. The van der Waals surface area contributed by atoms with Crippen molar-refractivity contribution in [1.82, 2.24) is 15.7 Å². The van der Waals surface area contributed by atoms with Gasteiger partial charge in [-0.1, -0.05) is 17.0 Å². The number of carbonyl (C=O) groups excluding carboxylic acids is 1. The molecule has 1 aromatic rings. The molecule has 0 aliphatic rings. The van der Waals surface area contributed by atoms with Gasteiger partial charge in [0.15, 0.2) is 5.03 Å². The molecule has 0 bridgehead atoms. The van der Waals surface area contributed by atoms with Crippen molar-refractivity contribution in [3.63, 3.8) is 0 Å². The monoisotopic (exact) mass is 257 g/mol. The molecule has 90 valence electrons. The van der Waals surface area contributed by atoms with Gasteiger partial charge < -0.3 is 0 Å². The Morgan fingerprint density at radius 3 is 2.76 bits per heavy atom. The quantitative estimate of drug-likeness (QED) is 0.259. The van der Waals surface area contributed by atoms with Gasteiger partial charge in [0.2, 0.25) is 0 Å². The Morgan fingerprint density at radius 2 is 2.29 bits per heavy atom. The lowest BCUT2D eigenvalue weighted by Crippen LogP contribution is -2.43. The minimum absolute atomic E-state index is 0.209. The van der Waals surface area contributed by atoms with E-state index in [1.165, 1.54) is 25.4 Å². The Hall–Kier alpha value is -2.22. The Kier molecular flexibility index (Phi) is 4.35. The van der Waals surface area contributed by atoms with E-state index in [1.807, 2.05) is 0 Å². The minimum atomic E-state index is -0.831. The van der Waals surface area contributed by atoms with Gasteiger partial charge in [0, 0.05) is 13.2 Å². The fourth-order valence-electron chi connectivity index (χ4n) is 0.910. The summed E-state index contributed by atoms with van der Waals surface area (Å²) in [4.78, 5) is 28.9. The highest BCUT2D eigenvalue weighted by molar-refractivity contribution is 6.29. The van der Waals surface area contributed by atoms with E-state index in [2.05, 4.69) is 15.3 Å². The summed E-state index contributed by atoms with van der Waals surface area (Å²) in [6.07, 6.45) is 1.25. The highest BCUT2D eigenvalue weighted by atomic mass is 35.5. The summed E-state index contributed by atoms with van der Waals surface area (Å²) in [6, 6.07) is 2.87. The molecule has 0 aliphatic heterocycles. The van der Waals surface area contributed by atoms with E-state index in [0.717, 1.165) is 0 Å². The van der Waals surface area contributed by atoms with Gasteiger partial charge in [0.05, 0.1) is 5.56 Å². The van der Waals surface area contributed by atoms with Crippen molar-refractivity contribution in [3.05, 3.63) is 39.2 Å². The maximum atomic E-state index is 11.6. The Bertz CT molecular complexity index is 459. The molecular weight excluding hydrogens is 250 g/mol. The average molecular weight is 258 g/mol. The van der Waals surface area contributed by atoms with Crippen molar-refractivity contribution >= 4 is 23.5 Å².